The van der Waals surface area contributed by atoms with Gasteiger partial charge in [0.2, 0.25) is 5.96 Å². The molecule has 0 saturated carbocycles. The number of hydrogen-bond acceptors (Lipinski definition) is 4. The van der Waals surface area contributed by atoms with Crippen LogP contribution in [0.5, 0.6) is 5.75 Å². The number of amides is 1. The Morgan fingerprint density at radius 3 is 2.60 bits per heavy atom. The molecular formula is C18H15Cl2N3O2. The van der Waals surface area contributed by atoms with Gasteiger partial charge >= 0.3 is 0 Å². The van der Waals surface area contributed by atoms with Crippen LogP contribution in [0, 0.1) is 0 Å². The number of guanidine groups is 1. The Hall–Kier alpha value is -2.24. The van der Waals surface area contributed by atoms with Gasteiger partial charge in [-0.15, -0.1) is 0 Å². The molecule has 25 heavy (non-hydrogen) atoms. The van der Waals surface area contributed by atoms with Crippen molar-refractivity contribution < 1.29 is 9.53 Å². The van der Waals surface area contributed by atoms with E-state index in [1.807, 2.05) is 40.1 Å². The molecule has 0 bridgehead atoms. The zero-order valence-corrected chi connectivity index (χ0v) is 15.0. The van der Waals surface area contributed by atoms with E-state index in [2.05, 4.69) is 4.99 Å². The summed E-state index contributed by atoms with van der Waals surface area (Å²) in [5.41, 5.74) is 2.89. The summed E-state index contributed by atoms with van der Waals surface area (Å²) in [6, 6.07) is 11.5. The molecule has 2 aliphatic heterocycles. The molecule has 0 saturated heterocycles. The molecule has 0 aromatic heterocycles. The van der Waals surface area contributed by atoms with Crippen LogP contribution in [-0.2, 0) is 17.9 Å². The van der Waals surface area contributed by atoms with Crippen LogP contribution in [0.3, 0.4) is 0 Å². The summed E-state index contributed by atoms with van der Waals surface area (Å²) in [5, 5.41) is 1.04. The van der Waals surface area contributed by atoms with Crippen LogP contribution >= 0.6 is 23.2 Å². The number of aliphatic imine (C=N–C) groups is 1. The van der Waals surface area contributed by atoms with Gasteiger partial charge < -0.3 is 14.5 Å². The van der Waals surface area contributed by atoms with Gasteiger partial charge in [-0.2, -0.15) is 4.99 Å². The number of methoxy groups -OCH3 is 1. The molecule has 5 nitrogen and oxygen atoms in total. The number of carbonyl (C=O) groups excluding carboxylic acids is 1. The molecule has 2 heterocycles. The number of ether oxygens (including phenoxy) is 1. The van der Waals surface area contributed by atoms with E-state index in [4.69, 9.17) is 27.9 Å². The third-order valence-corrected chi connectivity index (χ3v) is 5.23. The summed E-state index contributed by atoms with van der Waals surface area (Å²) in [4.78, 5) is 20.1. The highest BCUT2D eigenvalue weighted by Gasteiger charge is 2.36. The average molecular weight is 376 g/mol. The molecule has 0 spiro atoms. The SMILES string of the molecule is COc1ccc(CN2Cc3c(ccc(Cl)c3Cl)N3CC(=O)N=C23)cc1. The van der Waals surface area contributed by atoms with E-state index in [1.165, 1.54) is 0 Å². The monoisotopic (exact) mass is 375 g/mol. The van der Waals surface area contributed by atoms with Crippen LogP contribution in [0.2, 0.25) is 10.0 Å². The van der Waals surface area contributed by atoms with E-state index in [0.29, 0.717) is 29.1 Å². The van der Waals surface area contributed by atoms with Gasteiger partial charge in [-0.25, -0.2) is 0 Å². The molecule has 0 atom stereocenters. The quantitative estimate of drug-likeness (QED) is 0.819. The normalized spacial score (nSPS) is 15.8. The van der Waals surface area contributed by atoms with Gasteiger partial charge in [0.1, 0.15) is 12.3 Å². The van der Waals surface area contributed by atoms with Crippen LogP contribution in [0.1, 0.15) is 11.1 Å². The van der Waals surface area contributed by atoms with E-state index >= 15 is 0 Å². The lowest BCUT2D eigenvalue weighted by atomic mass is 10.1. The second-order valence-corrected chi connectivity index (χ2v) is 6.74. The van der Waals surface area contributed by atoms with Crippen LogP contribution < -0.4 is 9.64 Å². The molecule has 0 aliphatic carbocycles. The fourth-order valence-corrected chi connectivity index (χ4v) is 3.57. The minimum absolute atomic E-state index is 0.159. The maximum absolute atomic E-state index is 11.9. The molecule has 0 radical (unpaired) electrons. The van der Waals surface area contributed by atoms with E-state index in [-0.39, 0.29) is 12.5 Å². The summed E-state index contributed by atoms with van der Waals surface area (Å²) in [7, 11) is 1.64. The fourth-order valence-electron chi connectivity index (χ4n) is 3.17. The van der Waals surface area contributed by atoms with Crippen molar-refractivity contribution in [3.05, 3.63) is 57.6 Å². The zero-order chi connectivity index (χ0) is 17.6. The maximum atomic E-state index is 11.9. The van der Waals surface area contributed by atoms with Crippen molar-refractivity contribution in [2.24, 2.45) is 4.99 Å². The molecule has 4 rings (SSSR count). The van der Waals surface area contributed by atoms with Crippen molar-refractivity contribution in [2.75, 3.05) is 18.6 Å². The minimum Gasteiger partial charge on any atom is -0.497 e. The highest BCUT2D eigenvalue weighted by Crippen LogP contribution is 2.39. The Kier molecular flexibility index (Phi) is 4.06. The van der Waals surface area contributed by atoms with Crippen LogP contribution in [0.4, 0.5) is 5.69 Å². The standard InChI is InChI=1S/C18H15Cl2N3O2/c1-25-12-4-2-11(3-5-12)8-22-9-13-15(7-6-14(19)17(13)20)23-10-16(24)21-18(22)23/h2-7H,8-10H2,1H3. The zero-order valence-electron chi connectivity index (χ0n) is 13.5. The molecule has 2 aliphatic rings. The maximum Gasteiger partial charge on any atom is 0.268 e. The van der Waals surface area contributed by atoms with E-state index < -0.39 is 0 Å². The fraction of sp³-hybridized carbons (Fsp3) is 0.222. The number of fused-ring (bicyclic) bond motifs is 3. The molecule has 2 aromatic rings. The van der Waals surface area contributed by atoms with Gasteiger partial charge in [0.15, 0.2) is 0 Å². The number of carbonyl (C=O) groups is 1. The minimum atomic E-state index is -0.159. The van der Waals surface area contributed by atoms with Gasteiger partial charge in [0.25, 0.3) is 5.91 Å². The third-order valence-electron chi connectivity index (χ3n) is 4.39. The second kappa shape index (κ2) is 6.24. The van der Waals surface area contributed by atoms with Crippen LogP contribution in [0.15, 0.2) is 41.4 Å². The van der Waals surface area contributed by atoms with Crippen molar-refractivity contribution in [2.45, 2.75) is 13.1 Å². The number of benzene rings is 2. The smallest absolute Gasteiger partial charge is 0.268 e. The lowest BCUT2D eigenvalue weighted by Gasteiger charge is -2.37. The van der Waals surface area contributed by atoms with E-state index in [0.717, 1.165) is 22.6 Å². The highest BCUT2D eigenvalue weighted by atomic mass is 35.5. The first-order valence-electron chi connectivity index (χ1n) is 7.80. The number of rotatable bonds is 3. The Morgan fingerprint density at radius 1 is 1.12 bits per heavy atom. The van der Waals surface area contributed by atoms with Gasteiger partial charge in [-0.1, -0.05) is 35.3 Å². The lowest BCUT2D eigenvalue weighted by molar-refractivity contribution is -0.115. The average Bonchev–Trinajstić information content (AvgIpc) is 3.01. The number of halogens is 2. The molecular weight excluding hydrogens is 361 g/mol. The van der Waals surface area contributed by atoms with Gasteiger partial charge in [-0.3, -0.25) is 4.79 Å². The van der Waals surface area contributed by atoms with Gasteiger partial charge in [-0.05, 0) is 29.8 Å². The third kappa shape index (κ3) is 2.83. The predicted octanol–water partition coefficient (Wildman–Crippen LogP) is 3.72. The van der Waals surface area contributed by atoms with Crippen LogP contribution in [-0.4, -0.2) is 30.4 Å². The van der Waals surface area contributed by atoms with Crippen molar-refractivity contribution in [1.82, 2.24) is 4.90 Å². The van der Waals surface area contributed by atoms with Crippen LogP contribution in [0.25, 0.3) is 0 Å². The summed E-state index contributed by atoms with van der Waals surface area (Å²) in [5.74, 6) is 1.30. The van der Waals surface area contributed by atoms with Crippen molar-refractivity contribution in [1.29, 1.82) is 0 Å². The van der Waals surface area contributed by atoms with Crippen molar-refractivity contribution in [3.8, 4) is 5.75 Å². The summed E-state index contributed by atoms with van der Waals surface area (Å²) < 4.78 is 5.20. The van der Waals surface area contributed by atoms with Crippen molar-refractivity contribution in [3.63, 3.8) is 0 Å². The molecule has 1 amide bonds. The molecule has 2 aromatic carbocycles. The number of anilines is 1. The molecule has 7 heteroatoms. The van der Waals surface area contributed by atoms with Crippen molar-refractivity contribution >= 4 is 40.8 Å². The topological polar surface area (TPSA) is 45.1 Å². The lowest BCUT2D eigenvalue weighted by Crippen LogP contribution is -2.45. The molecule has 0 N–H and O–H groups in total. The van der Waals surface area contributed by atoms with Gasteiger partial charge in [0.05, 0.1) is 22.8 Å². The summed E-state index contributed by atoms with van der Waals surface area (Å²) in [6.07, 6.45) is 0. The number of nitrogens with zero attached hydrogens (tertiary/aromatic N) is 3. The Morgan fingerprint density at radius 2 is 1.88 bits per heavy atom. The molecule has 0 fully saturated rings. The second-order valence-electron chi connectivity index (χ2n) is 5.95. The Bertz CT molecular complexity index is 881. The predicted molar refractivity (Wildman–Crippen MR) is 98.5 cm³/mol. The summed E-state index contributed by atoms with van der Waals surface area (Å²) >= 11 is 12.6. The Labute approximate surface area is 155 Å². The Balaban J connectivity index is 1.71. The van der Waals surface area contributed by atoms with Gasteiger partial charge in [0, 0.05) is 18.7 Å². The first-order valence-corrected chi connectivity index (χ1v) is 8.56. The first kappa shape index (κ1) is 16.2. The first-order chi connectivity index (χ1) is 12.1. The van der Waals surface area contributed by atoms with E-state index in [9.17, 15) is 4.79 Å². The molecule has 128 valence electrons. The highest BCUT2D eigenvalue weighted by molar-refractivity contribution is 6.43. The largest absolute Gasteiger partial charge is 0.497 e. The van der Waals surface area contributed by atoms with E-state index in [1.54, 1.807) is 13.2 Å². The number of hydrogen-bond donors (Lipinski definition) is 0. The molecule has 0 unspecified atom stereocenters. The summed E-state index contributed by atoms with van der Waals surface area (Å²) in [6.45, 7) is 1.37.